The van der Waals surface area contributed by atoms with Crippen LogP contribution in [-0.2, 0) is 16.6 Å². The zero-order valence-electron chi connectivity index (χ0n) is 15.7. The Kier molecular flexibility index (Phi) is 6.18. The molecule has 1 aromatic heterocycles. The molecule has 0 spiro atoms. The molecule has 0 radical (unpaired) electrons. The van der Waals surface area contributed by atoms with E-state index in [1.54, 1.807) is 19.3 Å². The second-order valence-electron chi connectivity index (χ2n) is 6.20. The fourth-order valence-electron chi connectivity index (χ4n) is 2.48. The summed E-state index contributed by atoms with van der Waals surface area (Å²) in [6.07, 6.45) is 2.98. The lowest BCUT2D eigenvalue weighted by molar-refractivity contribution is 0.415. The van der Waals surface area contributed by atoms with Crippen molar-refractivity contribution in [2.45, 2.75) is 13.5 Å². The minimum Gasteiger partial charge on any atom is -0.497 e. The third kappa shape index (κ3) is 5.48. The molecule has 2 aromatic carbocycles. The van der Waals surface area contributed by atoms with Crippen LogP contribution in [0, 0.1) is 6.92 Å². The Labute approximate surface area is 165 Å². The third-order valence-electron chi connectivity index (χ3n) is 4.08. The van der Waals surface area contributed by atoms with E-state index in [2.05, 4.69) is 14.7 Å². The molecule has 0 aliphatic rings. The lowest BCUT2D eigenvalue weighted by Gasteiger charge is -2.06. The summed E-state index contributed by atoms with van der Waals surface area (Å²) in [5, 5.41) is 1.16. The van der Waals surface area contributed by atoms with E-state index in [1.807, 2.05) is 55.5 Å². The standard InChI is InChI=1S/C21H21N3O3S/c1-16-3-5-17(6-4-16)11-12-28(25,26)24-14-19-13-21(23-15-22-19)18-7-9-20(27-2)10-8-18/h3-13,15,24H,14H2,1-2H3/b12-11+. The summed E-state index contributed by atoms with van der Waals surface area (Å²) >= 11 is 0. The zero-order valence-corrected chi connectivity index (χ0v) is 16.5. The maximum Gasteiger partial charge on any atom is 0.234 e. The van der Waals surface area contributed by atoms with Crippen LogP contribution >= 0.6 is 0 Å². The van der Waals surface area contributed by atoms with Gasteiger partial charge in [0, 0.05) is 11.0 Å². The molecule has 7 heteroatoms. The number of methoxy groups -OCH3 is 1. The predicted molar refractivity (Wildman–Crippen MR) is 110 cm³/mol. The van der Waals surface area contributed by atoms with E-state index in [0.717, 1.165) is 27.8 Å². The van der Waals surface area contributed by atoms with E-state index in [-0.39, 0.29) is 6.54 Å². The van der Waals surface area contributed by atoms with Gasteiger partial charge < -0.3 is 4.74 Å². The molecule has 0 saturated carbocycles. The number of nitrogens with one attached hydrogen (secondary N) is 1. The monoisotopic (exact) mass is 395 g/mol. The van der Waals surface area contributed by atoms with Crippen molar-refractivity contribution < 1.29 is 13.2 Å². The molecule has 1 N–H and O–H groups in total. The Morgan fingerprint density at radius 3 is 2.43 bits per heavy atom. The van der Waals surface area contributed by atoms with Gasteiger partial charge >= 0.3 is 0 Å². The van der Waals surface area contributed by atoms with Gasteiger partial charge in [0.2, 0.25) is 10.0 Å². The molecule has 1 heterocycles. The Morgan fingerprint density at radius 2 is 1.75 bits per heavy atom. The topological polar surface area (TPSA) is 81.2 Å². The first-order valence-electron chi connectivity index (χ1n) is 8.65. The van der Waals surface area contributed by atoms with Crippen LogP contribution in [0.5, 0.6) is 5.75 Å². The van der Waals surface area contributed by atoms with Gasteiger partial charge in [-0.3, -0.25) is 0 Å². The molecule has 0 aliphatic carbocycles. The molecular formula is C21H21N3O3S. The minimum atomic E-state index is -3.58. The first-order valence-corrected chi connectivity index (χ1v) is 10.2. The quantitative estimate of drug-likeness (QED) is 0.662. The van der Waals surface area contributed by atoms with E-state index in [1.165, 1.54) is 6.33 Å². The molecule has 0 atom stereocenters. The highest BCUT2D eigenvalue weighted by Crippen LogP contribution is 2.20. The van der Waals surface area contributed by atoms with Gasteiger partial charge in [0.25, 0.3) is 0 Å². The number of hydrogen-bond acceptors (Lipinski definition) is 5. The maximum absolute atomic E-state index is 12.2. The average Bonchev–Trinajstić information content (AvgIpc) is 2.72. The number of ether oxygens (including phenoxy) is 1. The van der Waals surface area contributed by atoms with Crippen molar-refractivity contribution in [2.75, 3.05) is 7.11 Å². The Bertz CT molecular complexity index is 1060. The summed E-state index contributed by atoms with van der Waals surface area (Å²) in [6.45, 7) is 2.06. The van der Waals surface area contributed by atoms with E-state index >= 15 is 0 Å². The summed E-state index contributed by atoms with van der Waals surface area (Å²) in [4.78, 5) is 8.39. The fourth-order valence-corrected chi connectivity index (χ4v) is 3.26. The molecule has 144 valence electrons. The smallest absolute Gasteiger partial charge is 0.234 e. The number of nitrogens with zero attached hydrogens (tertiary/aromatic N) is 2. The molecule has 28 heavy (non-hydrogen) atoms. The summed E-state index contributed by atoms with van der Waals surface area (Å²) in [5.41, 5.74) is 4.12. The number of benzene rings is 2. The largest absolute Gasteiger partial charge is 0.497 e. The summed E-state index contributed by atoms with van der Waals surface area (Å²) in [7, 11) is -1.97. The van der Waals surface area contributed by atoms with E-state index < -0.39 is 10.0 Å². The second kappa shape index (κ2) is 8.77. The Morgan fingerprint density at radius 1 is 1.04 bits per heavy atom. The van der Waals surface area contributed by atoms with Crippen molar-refractivity contribution in [3.8, 4) is 17.0 Å². The summed E-state index contributed by atoms with van der Waals surface area (Å²) in [5.74, 6) is 0.756. The molecule has 3 aromatic rings. The van der Waals surface area contributed by atoms with Gasteiger partial charge in [-0.15, -0.1) is 0 Å². The van der Waals surface area contributed by atoms with Crippen LogP contribution in [0.25, 0.3) is 17.3 Å². The van der Waals surface area contributed by atoms with Crippen molar-refractivity contribution in [1.82, 2.24) is 14.7 Å². The van der Waals surface area contributed by atoms with Gasteiger partial charge in [0.15, 0.2) is 0 Å². The predicted octanol–water partition coefficient (Wildman–Crippen LogP) is 3.55. The number of rotatable bonds is 7. The van der Waals surface area contributed by atoms with Crippen molar-refractivity contribution in [3.63, 3.8) is 0 Å². The SMILES string of the molecule is COc1ccc(-c2cc(CNS(=O)(=O)/C=C/c3ccc(C)cc3)ncn2)cc1. The van der Waals surface area contributed by atoms with Crippen LogP contribution in [-0.4, -0.2) is 25.5 Å². The molecule has 0 unspecified atom stereocenters. The van der Waals surface area contributed by atoms with Crippen LogP contribution in [0.2, 0.25) is 0 Å². The summed E-state index contributed by atoms with van der Waals surface area (Å²) in [6, 6.07) is 16.8. The second-order valence-corrected chi connectivity index (χ2v) is 7.85. The van der Waals surface area contributed by atoms with Crippen LogP contribution in [0.1, 0.15) is 16.8 Å². The van der Waals surface area contributed by atoms with E-state index in [9.17, 15) is 8.42 Å². The zero-order chi connectivity index (χ0) is 20.0. The fraction of sp³-hybridized carbons (Fsp3) is 0.143. The van der Waals surface area contributed by atoms with E-state index in [4.69, 9.17) is 4.74 Å². The first-order chi connectivity index (χ1) is 13.4. The van der Waals surface area contributed by atoms with Crippen molar-refractivity contribution >= 4 is 16.1 Å². The lowest BCUT2D eigenvalue weighted by Crippen LogP contribution is -2.21. The summed E-state index contributed by atoms with van der Waals surface area (Å²) < 4.78 is 32.1. The highest BCUT2D eigenvalue weighted by atomic mass is 32.2. The van der Waals surface area contributed by atoms with Gasteiger partial charge in [-0.1, -0.05) is 29.8 Å². The Hall–Kier alpha value is -3.03. The normalized spacial score (nSPS) is 11.6. The highest BCUT2D eigenvalue weighted by Gasteiger charge is 2.08. The number of hydrogen-bond donors (Lipinski definition) is 1. The maximum atomic E-state index is 12.2. The molecule has 0 amide bonds. The van der Waals surface area contributed by atoms with Crippen molar-refractivity contribution in [3.05, 3.63) is 83.2 Å². The van der Waals surface area contributed by atoms with Crippen LogP contribution in [0.15, 0.2) is 66.3 Å². The van der Waals surface area contributed by atoms with Gasteiger partial charge in [-0.2, -0.15) is 0 Å². The third-order valence-corrected chi connectivity index (χ3v) is 5.12. The number of aryl methyl sites for hydroxylation is 1. The lowest BCUT2D eigenvalue weighted by atomic mass is 10.1. The van der Waals surface area contributed by atoms with E-state index in [0.29, 0.717) is 11.4 Å². The average molecular weight is 395 g/mol. The molecule has 0 aliphatic heterocycles. The van der Waals surface area contributed by atoms with Crippen LogP contribution in [0.4, 0.5) is 0 Å². The van der Waals surface area contributed by atoms with Gasteiger partial charge in [0.05, 0.1) is 25.0 Å². The molecule has 0 fully saturated rings. The number of aromatic nitrogens is 2. The molecule has 0 saturated heterocycles. The molecule has 3 rings (SSSR count). The molecule has 0 bridgehead atoms. The van der Waals surface area contributed by atoms with Crippen LogP contribution < -0.4 is 9.46 Å². The number of sulfonamides is 1. The van der Waals surface area contributed by atoms with Crippen molar-refractivity contribution in [1.29, 1.82) is 0 Å². The molecule has 6 nitrogen and oxygen atoms in total. The first kappa shape index (κ1) is 19.7. The van der Waals surface area contributed by atoms with Gasteiger partial charge in [-0.25, -0.2) is 23.1 Å². The van der Waals surface area contributed by atoms with Gasteiger partial charge in [0.1, 0.15) is 12.1 Å². The van der Waals surface area contributed by atoms with Crippen molar-refractivity contribution in [2.24, 2.45) is 0 Å². The van der Waals surface area contributed by atoms with Gasteiger partial charge in [-0.05, 0) is 48.9 Å². The van der Waals surface area contributed by atoms with Crippen LogP contribution in [0.3, 0.4) is 0 Å². The Balaban J connectivity index is 1.67. The minimum absolute atomic E-state index is 0.0756. The highest BCUT2D eigenvalue weighted by molar-refractivity contribution is 7.92. The molecular weight excluding hydrogens is 374 g/mol.